The Labute approximate surface area is 106 Å². The molecule has 1 rings (SSSR count). The van der Waals surface area contributed by atoms with E-state index in [1.165, 1.54) is 16.9 Å². The summed E-state index contributed by atoms with van der Waals surface area (Å²) in [6.07, 6.45) is 4.07. The fourth-order valence-corrected chi connectivity index (χ4v) is 1.69. The molecule has 0 aliphatic heterocycles. The highest BCUT2D eigenvalue weighted by Crippen LogP contribution is 2.10. The van der Waals surface area contributed by atoms with Crippen molar-refractivity contribution < 1.29 is 0 Å². The van der Waals surface area contributed by atoms with Crippen LogP contribution in [0.2, 0.25) is 0 Å². The van der Waals surface area contributed by atoms with E-state index in [4.69, 9.17) is 0 Å². The summed E-state index contributed by atoms with van der Waals surface area (Å²) < 4.78 is 0. The SMILES string of the molecule is C=CC(=C)CCC.CC.Cc1csc(C)c1. The van der Waals surface area contributed by atoms with E-state index in [0.717, 1.165) is 12.0 Å². The zero-order valence-electron chi connectivity index (χ0n) is 11.5. The van der Waals surface area contributed by atoms with Gasteiger partial charge in [0.05, 0.1) is 0 Å². The molecule has 92 valence electrons. The maximum Gasteiger partial charge on any atom is 0.00169 e. The molecule has 0 aliphatic carbocycles. The quantitative estimate of drug-likeness (QED) is 0.573. The van der Waals surface area contributed by atoms with Crippen molar-refractivity contribution in [2.24, 2.45) is 0 Å². The van der Waals surface area contributed by atoms with E-state index < -0.39 is 0 Å². The third-order valence-electron chi connectivity index (χ3n) is 1.72. The highest BCUT2D eigenvalue weighted by Gasteiger charge is 1.84. The molecule has 1 aromatic rings. The van der Waals surface area contributed by atoms with Crippen LogP contribution < -0.4 is 0 Å². The van der Waals surface area contributed by atoms with Crippen LogP contribution in [0, 0.1) is 13.8 Å². The van der Waals surface area contributed by atoms with Crippen LogP contribution in [0.25, 0.3) is 0 Å². The highest BCUT2D eigenvalue weighted by molar-refractivity contribution is 7.10. The van der Waals surface area contributed by atoms with Gasteiger partial charge in [-0.25, -0.2) is 0 Å². The molecule has 0 radical (unpaired) electrons. The van der Waals surface area contributed by atoms with Crippen molar-refractivity contribution in [3.63, 3.8) is 0 Å². The van der Waals surface area contributed by atoms with Crippen LogP contribution in [0.4, 0.5) is 0 Å². The Balaban J connectivity index is 0. The van der Waals surface area contributed by atoms with Crippen LogP contribution in [-0.2, 0) is 0 Å². The number of rotatable bonds is 3. The Kier molecular flexibility index (Phi) is 13.5. The maximum atomic E-state index is 3.74. The van der Waals surface area contributed by atoms with Crippen LogP contribution in [-0.4, -0.2) is 0 Å². The van der Waals surface area contributed by atoms with Gasteiger partial charge in [-0.2, -0.15) is 0 Å². The Morgan fingerprint density at radius 1 is 1.38 bits per heavy atom. The lowest BCUT2D eigenvalue weighted by molar-refractivity contribution is 0.930. The zero-order valence-corrected chi connectivity index (χ0v) is 12.3. The monoisotopic (exact) mass is 238 g/mol. The predicted octanol–water partition coefficient (Wildman–Crippen LogP) is 5.92. The normalized spacial score (nSPS) is 8.06. The minimum atomic E-state index is 1.09. The van der Waals surface area contributed by atoms with Gasteiger partial charge in [0.1, 0.15) is 0 Å². The van der Waals surface area contributed by atoms with E-state index in [2.05, 4.69) is 45.4 Å². The fourth-order valence-electron chi connectivity index (χ4n) is 0.998. The van der Waals surface area contributed by atoms with E-state index in [1.54, 1.807) is 11.3 Å². The fraction of sp³-hybridized carbons (Fsp3) is 0.467. The smallest absolute Gasteiger partial charge is 0.00169 e. The van der Waals surface area contributed by atoms with Gasteiger partial charge >= 0.3 is 0 Å². The number of aryl methyl sites for hydroxylation is 2. The first-order valence-electron chi connectivity index (χ1n) is 5.92. The van der Waals surface area contributed by atoms with E-state index >= 15 is 0 Å². The molecule has 0 unspecified atom stereocenters. The van der Waals surface area contributed by atoms with E-state index in [-0.39, 0.29) is 0 Å². The number of hydrogen-bond donors (Lipinski definition) is 0. The predicted molar refractivity (Wildman–Crippen MR) is 79.4 cm³/mol. The summed E-state index contributed by atoms with van der Waals surface area (Å²) in [6, 6.07) is 2.19. The van der Waals surface area contributed by atoms with Crippen molar-refractivity contribution in [1.29, 1.82) is 0 Å². The average Bonchev–Trinajstić information content (AvgIpc) is 2.66. The van der Waals surface area contributed by atoms with Gasteiger partial charge in [-0.05, 0) is 37.3 Å². The molecule has 1 heterocycles. The molecule has 0 spiro atoms. The largest absolute Gasteiger partial charge is 0.149 e. The first-order valence-corrected chi connectivity index (χ1v) is 6.80. The molecule has 0 aromatic carbocycles. The van der Waals surface area contributed by atoms with E-state index in [1.807, 2.05) is 19.9 Å². The third-order valence-corrected chi connectivity index (χ3v) is 2.70. The minimum Gasteiger partial charge on any atom is -0.149 e. The van der Waals surface area contributed by atoms with Crippen molar-refractivity contribution >= 4 is 11.3 Å². The number of hydrogen-bond acceptors (Lipinski definition) is 1. The lowest BCUT2D eigenvalue weighted by atomic mass is 10.2. The first-order chi connectivity index (χ1) is 7.60. The summed E-state index contributed by atoms with van der Waals surface area (Å²) in [5, 5.41) is 2.16. The van der Waals surface area contributed by atoms with Gasteiger partial charge in [-0.1, -0.05) is 52.0 Å². The second-order valence-electron chi connectivity index (χ2n) is 3.35. The van der Waals surface area contributed by atoms with Crippen molar-refractivity contribution in [2.75, 3.05) is 0 Å². The van der Waals surface area contributed by atoms with Crippen molar-refractivity contribution in [3.05, 3.63) is 46.7 Å². The number of allylic oxidation sites excluding steroid dienone is 2. The van der Waals surface area contributed by atoms with Crippen LogP contribution in [0.5, 0.6) is 0 Å². The molecule has 0 saturated heterocycles. The molecular weight excluding hydrogens is 212 g/mol. The van der Waals surface area contributed by atoms with Crippen LogP contribution in [0.1, 0.15) is 44.1 Å². The molecule has 1 heteroatoms. The minimum absolute atomic E-state index is 1.09. The molecule has 0 fully saturated rings. The van der Waals surface area contributed by atoms with Crippen LogP contribution in [0.3, 0.4) is 0 Å². The Hall–Kier alpha value is -0.820. The molecule has 0 nitrogen and oxygen atoms in total. The first kappa shape index (κ1) is 17.6. The molecule has 0 atom stereocenters. The van der Waals surface area contributed by atoms with Gasteiger partial charge in [0.15, 0.2) is 0 Å². The zero-order chi connectivity index (χ0) is 13.0. The summed E-state index contributed by atoms with van der Waals surface area (Å²) in [4.78, 5) is 1.40. The molecule has 0 N–H and O–H groups in total. The molecule has 0 aliphatic rings. The van der Waals surface area contributed by atoms with Crippen molar-refractivity contribution in [1.82, 2.24) is 0 Å². The summed E-state index contributed by atoms with van der Waals surface area (Å²) in [5.41, 5.74) is 2.52. The lowest BCUT2D eigenvalue weighted by Gasteiger charge is -1.89. The van der Waals surface area contributed by atoms with Gasteiger partial charge in [0.25, 0.3) is 0 Å². The third kappa shape index (κ3) is 11.3. The molecule has 0 saturated carbocycles. The van der Waals surface area contributed by atoms with E-state index in [9.17, 15) is 0 Å². The lowest BCUT2D eigenvalue weighted by Crippen LogP contribution is -1.69. The molecule has 16 heavy (non-hydrogen) atoms. The molecular formula is C15H26S. The standard InChI is InChI=1S/C7H12.C6H8S.C2H6/c1-4-6-7(3)5-2;1-5-3-6(2)7-4-5;1-2/h5H,2-4,6H2,1H3;3-4H,1-2H3;1-2H3. The second-order valence-corrected chi connectivity index (χ2v) is 4.46. The summed E-state index contributed by atoms with van der Waals surface area (Å²) in [7, 11) is 0. The Morgan fingerprint density at radius 3 is 2.06 bits per heavy atom. The summed E-state index contributed by atoms with van der Waals surface area (Å²) in [6.45, 7) is 17.7. The van der Waals surface area contributed by atoms with Gasteiger partial charge in [-0.15, -0.1) is 11.3 Å². The second kappa shape index (κ2) is 12.3. The molecule has 0 amide bonds. The summed E-state index contributed by atoms with van der Waals surface area (Å²) in [5.74, 6) is 0. The van der Waals surface area contributed by atoms with Gasteiger partial charge < -0.3 is 0 Å². The highest BCUT2D eigenvalue weighted by atomic mass is 32.1. The maximum absolute atomic E-state index is 3.74. The molecule has 1 aromatic heterocycles. The Bertz CT molecular complexity index is 265. The van der Waals surface area contributed by atoms with Crippen molar-refractivity contribution in [2.45, 2.75) is 47.5 Å². The van der Waals surface area contributed by atoms with Gasteiger partial charge in [-0.3, -0.25) is 0 Å². The van der Waals surface area contributed by atoms with Crippen molar-refractivity contribution in [3.8, 4) is 0 Å². The Morgan fingerprint density at radius 2 is 1.94 bits per heavy atom. The summed E-state index contributed by atoms with van der Waals surface area (Å²) >= 11 is 1.80. The van der Waals surface area contributed by atoms with Crippen LogP contribution >= 0.6 is 11.3 Å². The van der Waals surface area contributed by atoms with Gasteiger partial charge in [0.2, 0.25) is 0 Å². The van der Waals surface area contributed by atoms with Gasteiger partial charge in [0, 0.05) is 4.88 Å². The average molecular weight is 238 g/mol. The molecule has 0 bridgehead atoms. The van der Waals surface area contributed by atoms with Crippen LogP contribution in [0.15, 0.2) is 36.3 Å². The topological polar surface area (TPSA) is 0 Å². The number of thiophene rings is 1. The van der Waals surface area contributed by atoms with E-state index in [0.29, 0.717) is 0 Å².